The lowest BCUT2D eigenvalue weighted by Gasteiger charge is -2.27. The summed E-state index contributed by atoms with van der Waals surface area (Å²) in [7, 11) is 0. The maximum Gasteiger partial charge on any atom is 0.120 e. The van der Waals surface area contributed by atoms with Gasteiger partial charge in [0.25, 0.3) is 0 Å². The molecular weight excluding hydrogens is 200 g/mol. The Bertz CT molecular complexity index is 376. The molecule has 1 aliphatic rings. The number of fused-ring (bicyclic) bond motifs is 1. The predicted octanol–water partition coefficient (Wildman–Crippen LogP) is 1.88. The van der Waals surface area contributed by atoms with Crippen LogP contribution in [0.1, 0.15) is 25.8 Å². The number of rotatable bonds is 3. The minimum Gasteiger partial charge on any atom is -0.508 e. The monoisotopic (exact) mass is 220 g/mol. The van der Waals surface area contributed by atoms with Gasteiger partial charge in [-0.25, -0.2) is 0 Å². The maximum atomic E-state index is 9.84. The van der Waals surface area contributed by atoms with E-state index < -0.39 is 0 Å². The molecule has 0 aliphatic carbocycles. The van der Waals surface area contributed by atoms with E-state index in [1.807, 2.05) is 13.0 Å². The van der Waals surface area contributed by atoms with Gasteiger partial charge in [-0.05, 0) is 38.8 Å². The highest BCUT2D eigenvalue weighted by molar-refractivity contribution is 5.64. The highest BCUT2D eigenvalue weighted by Crippen LogP contribution is 2.38. The summed E-state index contributed by atoms with van der Waals surface area (Å²) in [6.07, 6.45) is 1.89. The number of hydrogen-bond acceptors (Lipinski definition) is 3. The van der Waals surface area contributed by atoms with Crippen LogP contribution < -0.4 is 10.6 Å². The molecule has 16 heavy (non-hydrogen) atoms. The molecule has 0 bridgehead atoms. The van der Waals surface area contributed by atoms with Crippen molar-refractivity contribution < 1.29 is 5.11 Å². The number of phenolic OH excluding ortho intramolecular Hbond substituents is 1. The third kappa shape index (κ3) is 1.87. The molecule has 0 radical (unpaired) electrons. The largest absolute Gasteiger partial charge is 0.508 e. The van der Waals surface area contributed by atoms with Crippen molar-refractivity contribution in [2.75, 3.05) is 11.4 Å². The third-order valence-electron chi connectivity index (χ3n) is 3.30. The molecule has 3 nitrogen and oxygen atoms in total. The van der Waals surface area contributed by atoms with Crippen LogP contribution in [0, 0.1) is 0 Å². The lowest BCUT2D eigenvalue weighted by atomic mass is 10.0. The topological polar surface area (TPSA) is 49.5 Å². The molecule has 1 aromatic carbocycles. The third-order valence-corrected chi connectivity index (χ3v) is 3.30. The number of anilines is 1. The molecule has 1 aliphatic heterocycles. The second-order valence-electron chi connectivity index (χ2n) is 4.63. The quantitative estimate of drug-likeness (QED) is 0.817. The van der Waals surface area contributed by atoms with Crippen LogP contribution in [0.2, 0.25) is 0 Å². The van der Waals surface area contributed by atoms with Crippen LogP contribution in [0.25, 0.3) is 0 Å². The molecule has 1 aromatic rings. The lowest BCUT2D eigenvalue weighted by Crippen LogP contribution is -2.36. The van der Waals surface area contributed by atoms with Gasteiger partial charge in [0.15, 0.2) is 0 Å². The average Bonchev–Trinajstić information content (AvgIpc) is 2.56. The van der Waals surface area contributed by atoms with Crippen molar-refractivity contribution in [2.24, 2.45) is 5.73 Å². The summed E-state index contributed by atoms with van der Waals surface area (Å²) < 4.78 is 0. The van der Waals surface area contributed by atoms with Crippen LogP contribution in [0.3, 0.4) is 0 Å². The zero-order valence-corrected chi connectivity index (χ0v) is 9.98. The van der Waals surface area contributed by atoms with Crippen molar-refractivity contribution in [2.45, 2.75) is 38.8 Å². The Morgan fingerprint density at radius 3 is 2.94 bits per heavy atom. The average molecular weight is 220 g/mol. The molecule has 2 atom stereocenters. The van der Waals surface area contributed by atoms with Gasteiger partial charge in [0.2, 0.25) is 0 Å². The molecule has 3 N–H and O–H groups in total. The molecule has 0 spiro atoms. The van der Waals surface area contributed by atoms with E-state index in [9.17, 15) is 5.11 Å². The molecule has 0 saturated heterocycles. The van der Waals surface area contributed by atoms with E-state index in [0.29, 0.717) is 11.8 Å². The van der Waals surface area contributed by atoms with Gasteiger partial charge in [-0.3, -0.25) is 0 Å². The Balaban J connectivity index is 2.28. The molecule has 88 valence electrons. The Morgan fingerprint density at radius 2 is 2.31 bits per heavy atom. The van der Waals surface area contributed by atoms with Crippen molar-refractivity contribution >= 4 is 5.69 Å². The van der Waals surface area contributed by atoms with E-state index in [1.54, 1.807) is 6.07 Å². The fourth-order valence-electron chi connectivity index (χ4n) is 2.65. The van der Waals surface area contributed by atoms with Gasteiger partial charge >= 0.3 is 0 Å². The number of nitrogens with two attached hydrogens (primary N) is 1. The number of hydrogen-bond donors (Lipinski definition) is 2. The fourth-order valence-corrected chi connectivity index (χ4v) is 2.65. The highest BCUT2D eigenvalue weighted by Gasteiger charge is 2.30. The van der Waals surface area contributed by atoms with Crippen molar-refractivity contribution in [1.82, 2.24) is 0 Å². The molecule has 2 rings (SSSR count). The first-order valence-electron chi connectivity index (χ1n) is 5.96. The summed E-state index contributed by atoms with van der Waals surface area (Å²) in [5.74, 6) is 0.420. The van der Waals surface area contributed by atoms with Crippen molar-refractivity contribution in [1.29, 1.82) is 0 Å². The molecule has 0 fully saturated rings. The van der Waals surface area contributed by atoms with Crippen LogP contribution in [0.4, 0.5) is 5.69 Å². The van der Waals surface area contributed by atoms with Crippen LogP contribution in [0.5, 0.6) is 5.75 Å². The van der Waals surface area contributed by atoms with Crippen LogP contribution in [-0.2, 0) is 6.42 Å². The van der Waals surface area contributed by atoms with Crippen LogP contribution >= 0.6 is 0 Å². The van der Waals surface area contributed by atoms with E-state index in [-0.39, 0.29) is 6.04 Å². The van der Waals surface area contributed by atoms with E-state index in [2.05, 4.69) is 17.9 Å². The van der Waals surface area contributed by atoms with E-state index in [0.717, 1.165) is 24.9 Å². The predicted molar refractivity (Wildman–Crippen MR) is 66.9 cm³/mol. The zero-order chi connectivity index (χ0) is 11.7. The van der Waals surface area contributed by atoms with E-state index >= 15 is 0 Å². The standard InChI is InChI=1S/C13H20N2O/c1-3-15-10(7-9(2)14)8-11-12(15)5-4-6-13(11)16/h4-6,9-10,16H,3,7-8,14H2,1-2H3. The SMILES string of the molecule is CCN1c2cccc(O)c2CC1CC(C)N. The first-order valence-corrected chi connectivity index (χ1v) is 5.96. The summed E-state index contributed by atoms with van der Waals surface area (Å²) >= 11 is 0. The first kappa shape index (κ1) is 11.3. The normalized spacial score (nSPS) is 20.9. The molecule has 0 aromatic heterocycles. The first-order chi connectivity index (χ1) is 7.63. The van der Waals surface area contributed by atoms with Crippen molar-refractivity contribution in [3.8, 4) is 5.75 Å². The summed E-state index contributed by atoms with van der Waals surface area (Å²) in [5, 5.41) is 9.84. The smallest absolute Gasteiger partial charge is 0.120 e. The van der Waals surface area contributed by atoms with Crippen molar-refractivity contribution in [3.63, 3.8) is 0 Å². The number of likely N-dealkylation sites (N-methyl/N-ethyl adjacent to an activating group) is 1. The highest BCUT2D eigenvalue weighted by atomic mass is 16.3. The number of aromatic hydroxyl groups is 1. The van der Waals surface area contributed by atoms with E-state index in [1.165, 1.54) is 5.69 Å². The van der Waals surface area contributed by atoms with Crippen LogP contribution in [-0.4, -0.2) is 23.7 Å². The minimum atomic E-state index is 0.204. The Labute approximate surface area is 96.9 Å². The van der Waals surface area contributed by atoms with Gasteiger partial charge in [0, 0.05) is 29.9 Å². The fraction of sp³-hybridized carbons (Fsp3) is 0.538. The van der Waals surface area contributed by atoms with Gasteiger partial charge in [-0.2, -0.15) is 0 Å². The van der Waals surface area contributed by atoms with Gasteiger partial charge in [-0.1, -0.05) is 6.07 Å². The van der Waals surface area contributed by atoms with Gasteiger partial charge in [0.1, 0.15) is 5.75 Å². The Hall–Kier alpha value is -1.22. The van der Waals surface area contributed by atoms with Gasteiger partial charge in [0.05, 0.1) is 0 Å². The molecule has 0 saturated carbocycles. The summed E-state index contributed by atoms with van der Waals surface area (Å²) in [6, 6.07) is 6.40. The van der Waals surface area contributed by atoms with Crippen LogP contribution in [0.15, 0.2) is 18.2 Å². The number of nitrogens with zero attached hydrogens (tertiary/aromatic N) is 1. The number of benzene rings is 1. The zero-order valence-electron chi connectivity index (χ0n) is 9.98. The molecule has 1 heterocycles. The van der Waals surface area contributed by atoms with Gasteiger partial charge in [-0.15, -0.1) is 0 Å². The Kier molecular flexibility index (Phi) is 3.06. The molecule has 2 unspecified atom stereocenters. The second kappa shape index (κ2) is 4.34. The lowest BCUT2D eigenvalue weighted by molar-refractivity contribution is 0.465. The Morgan fingerprint density at radius 1 is 1.56 bits per heavy atom. The molecular formula is C13H20N2O. The number of phenols is 1. The molecule has 0 amide bonds. The second-order valence-corrected chi connectivity index (χ2v) is 4.63. The summed E-state index contributed by atoms with van der Waals surface area (Å²) in [5.41, 5.74) is 8.13. The maximum absolute atomic E-state index is 9.84. The van der Waals surface area contributed by atoms with E-state index in [4.69, 9.17) is 5.73 Å². The summed E-state index contributed by atoms with van der Waals surface area (Å²) in [6.45, 7) is 5.15. The minimum absolute atomic E-state index is 0.204. The summed E-state index contributed by atoms with van der Waals surface area (Å²) in [4.78, 5) is 2.35. The van der Waals surface area contributed by atoms with Gasteiger partial charge < -0.3 is 15.7 Å². The van der Waals surface area contributed by atoms with Crippen molar-refractivity contribution in [3.05, 3.63) is 23.8 Å². The molecule has 3 heteroatoms.